The first-order valence-electron chi connectivity index (χ1n) is 5.56. The maximum Gasteiger partial charge on any atom is 0.224 e. The molecule has 98 valence electrons. The first-order valence-corrected chi connectivity index (χ1v) is 7.76. The lowest BCUT2D eigenvalue weighted by Gasteiger charge is -2.09. The molecular weight excluding hydrogens is 276 g/mol. The zero-order chi connectivity index (χ0) is 13.2. The number of amides is 1. The van der Waals surface area contributed by atoms with Crippen molar-refractivity contribution >= 4 is 33.0 Å². The first-order chi connectivity index (χ1) is 8.46. The van der Waals surface area contributed by atoms with Crippen LogP contribution in [0.25, 0.3) is 0 Å². The Bertz CT molecular complexity index is 559. The predicted molar refractivity (Wildman–Crippen MR) is 69.3 cm³/mol. The molecule has 0 aliphatic carbocycles. The number of hydrogen-bond acceptors (Lipinski definition) is 4. The number of nitrogens with one attached hydrogen (secondary N) is 1. The van der Waals surface area contributed by atoms with E-state index in [0.29, 0.717) is 17.1 Å². The highest BCUT2D eigenvalue weighted by Gasteiger charge is 2.29. The molecule has 18 heavy (non-hydrogen) atoms. The van der Waals surface area contributed by atoms with E-state index in [4.69, 9.17) is 11.6 Å². The van der Waals surface area contributed by atoms with Gasteiger partial charge in [0.1, 0.15) is 0 Å². The van der Waals surface area contributed by atoms with Crippen LogP contribution in [0.5, 0.6) is 0 Å². The minimum absolute atomic E-state index is 0.0922. The van der Waals surface area contributed by atoms with Crippen molar-refractivity contribution in [3.05, 3.63) is 23.5 Å². The van der Waals surface area contributed by atoms with E-state index < -0.39 is 9.84 Å². The van der Waals surface area contributed by atoms with E-state index in [2.05, 4.69) is 10.3 Å². The van der Waals surface area contributed by atoms with Crippen molar-refractivity contribution in [2.45, 2.75) is 12.8 Å². The summed E-state index contributed by atoms with van der Waals surface area (Å²) in [6.07, 6.45) is 3.74. The summed E-state index contributed by atoms with van der Waals surface area (Å²) in [5.74, 6) is -0.0442. The van der Waals surface area contributed by atoms with E-state index >= 15 is 0 Å². The molecule has 7 heteroatoms. The second-order valence-corrected chi connectivity index (χ2v) is 7.01. The van der Waals surface area contributed by atoms with Crippen LogP contribution in [0.4, 0.5) is 5.69 Å². The Labute approximate surface area is 110 Å². The second kappa shape index (κ2) is 5.24. The third-order valence-electron chi connectivity index (χ3n) is 2.84. The highest BCUT2D eigenvalue weighted by atomic mass is 35.5. The zero-order valence-corrected chi connectivity index (χ0v) is 11.2. The Hall–Kier alpha value is -1.14. The van der Waals surface area contributed by atoms with Gasteiger partial charge in [0.2, 0.25) is 5.91 Å². The average molecular weight is 289 g/mol. The molecule has 1 aliphatic rings. The first kappa shape index (κ1) is 13.3. The summed E-state index contributed by atoms with van der Waals surface area (Å²) < 4.78 is 22.5. The minimum Gasteiger partial charge on any atom is -0.323 e. The number of halogens is 1. The lowest BCUT2D eigenvalue weighted by molar-refractivity contribution is -0.116. The Morgan fingerprint density at radius 1 is 1.56 bits per heavy atom. The van der Waals surface area contributed by atoms with Gasteiger partial charge in [-0.15, -0.1) is 0 Å². The summed E-state index contributed by atoms with van der Waals surface area (Å²) in [7, 11) is -2.94. The predicted octanol–water partition coefficient (Wildman–Crippen LogP) is 1.50. The van der Waals surface area contributed by atoms with Gasteiger partial charge in [-0.25, -0.2) is 8.42 Å². The molecule has 5 nitrogen and oxygen atoms in total. The Morgan fingerprint density at radius 3 is 2.94 bits per heavy atom. The van der Waals surface area contributed by atoms with Crippen LogP contribution < -0.4 is 5.32 Å². The molecule has 1 fully saturated rings. The number of hydrogen-bond donors (Lipinski definition) is 1. The van der Waals surface area contributed by atoms with Gasteiger partial charge in [-0.1, -0.05) is 11.6 Å². The summed E-state index contributed by atoms with van der Waals surface area (Å²) in [6, 6.07) is 1.58. The van der Waals surface area contributed by atoms with Gasteiger partial charge in [0.15, 0.2) is 9.84 Å². The summed E-state index contributed by atoms with van der Waals surface area (Å²) >= 11 is 5.88. The van der Waals surface area contributed by atoms with Crippen LogP contribution >= 0.6 is 11.6 Å². The van der Waals surface area contributed by atoms with Crippen LogP contribution in [0.2, 0.25) is 5.02 Å². The van der Waals surface area contributed by atoms with E-state index in [1.165, 1.54) is 12.4 Å². The number of anilines is 1. The smallest absolute Gasteiger partial charge is 0.224 e. The van der Waals surface area contributed by atoms with Crippen molar-refractivity contribution in [3.63, 3.8) is 0 Å². The minimum atomic E-state index is -2.94. The van der Waals surface area contributed by atoms with Gasteiger partial charge in [-0.2, -0.15) is 0 Å². The number of carbonyl (C=O) groups is 1. The molecule has 0 saturated carbocycles. The summed E-state index contributed by atoms with van der Waals surface area (Å²) in [6.45, 7) is 0. The van der Waals surface area contributed by atoms with Crippen molar-refractivity contribution in [1.82, 2.24) is 4.98 Å². The molecule has 1 aliphatic heterocycles. The number of pyridine rings is 1. The maximum atomic E-state index is 11.7. The molecule has 1 saturated heterocycles. The molecule has 1 aromatic heterocycles. The molecule has 1 N–H and O–H groups in total. The van der Waals surface area contributed by atoms with Gasteiger partial charge in [0.05, 0.1) is 28.4 Å². The van der Waals surface area contributed by atoms with Crippen LogP contribution in [0.1, 0.15) is 12.8 Å². The molecule has 0 spiro atoms. The van der Waals surface area contributed by atoms with Crippen molar-refractivity contribution in [2.75, 3.05) is 16.8 Å². The van der Waals surface area contributed by atoms with E-state index in [1.54, 1.807) is 6.07 Å². The van der Waals surface area contributed by atoms with Gasteiger partial charge in [0, 0.05) is 12.6 Å². The fraction of sp³-hybridized carbons (Fsp3) is 0.455. The zero-order valence-electron chi connectivity index (χ0n) is 9.60. The van der Waals surface area contributed by atoms with E-state index in [9.17, 15) is 13.2 Å². The molecule has 0 radical (unpaired) electrons. The highest BCUT2D eigenvalue weighted by molar-refractivity contribution is 7.91. The number of nitrogens with zero attached hydrogens (tertiary/aromatic N) is 1. The molecule has 1 amide bonds. The van der Waals surface area contributed by atoms with Crippen molar-refractivity contribution in [1.29, 1.82) is 0 Å². The molecule has 1 aromatic rings. The molecule has 0 aromatic carbocycles. The largest absolute Gasteiger partial charge is 0.323 e. The fourth-order valence-corrected chi connectivity index (χ4v) is 3.98. The number of aromatic nitrogens is 1. The third kappa shape index (κ3) is 3.43. The van der Waals surface area contributed by atoms with Crippen LogP contribution in [0, 0.1) is 5.92 Å². The topological polar surface area (TPSA) is 76.1 Å². The summed E-state index contributed by atoms with van der Waals surface area (Å²) in [4.78, 5) is 15.6. The Balaban J connectivity index is 1.92. The van der Waals surface area contributed by atoms with Gasteiger partial charge in [0.25, 0.3) is 0 Å². The molecule has 1 unspecified atom stereocenters. The molecule has 0 bridgehead atoms. The van der Waals surface area contributed by atoms with Crippen LogP contribution in [-0.4, -0.2) is 30.8 Å². The van der Waals surface area contributed by atoms with Crippen molar-refractivity contribution in [3.8, 4) is 0 Å². The van der Waals surface area contributed by atoms with Crippen molar-refractivity contribution in [2.24, 2.45) is 5.92 Å². The van der Waals surface area contributed by atoms with E-state index in [0.717, 1.165) is 0 Å². The van der Waals surface area contributed by atoms with Gasteiger partial charge in [-0.3, -0.25) is 9.78 Å². The van der Waals surface area contributed by atoms with Gasteiger partial charge >= 0.3 is 0 Å². The van der Waals surface area contributed by atoms with E-state index in [1.807, 2.05) is 0 Å². The van der Waals surface area contributed by atoms with E-state index in [-0.39, 0.29) is 29.8 Å². The average Bonchev–Trinajstić information content (AvgIpc) is 2.61. The monoisotopic (exact) mass is 288 g/mol. The highest BCUT2D eigenvalue weighted by Crippen LogP contribution is 2.23. The molecule has 2 heterocycles. The normalized spacial score (nSPS) is 21.7. The Morgan fingerprint density at radius 2 is 2.33 bits per heavy atom. The lowest BCUT2D eigenvalue weighted by atomic mass is 10.1. The SMILES string of the molecule is O=C(CC1CCS(=O)(=O)C1)Nc1cnccc1Cl. The maximum absolute atomic E-state index is 11.7. The summed E-state index contributed by atoms with van der Waals surface area (Å²) in [5.41, 5.74) is 0.449. The Kier molecular flexibility index (Phi) is 3.87. The fourth-order valence-electron chi connectivity index (χ4n) is 1.97. The quantitative estimate of drug-likeness (QED) is 0.914. The number of sulfone groups is 1. The third-order valence-corrected chi connectivity index (χ3v) is 5.01. The second-order valence-electron chi connectivity index (χ2n) is 4.38. The van der Waals surface area contributed by atoms with Gasteiger partial charge < -0.3 is 5.32 Å². The number of carbonyl (C=O) groups excluding carboxylic acids is 1. The standard InChI is InChI=1S/C11H13ClN2O3S/c12-9-1-3-13-6-10(9)14-11(15)5-8-2-4-18(16,17)7-8/h1,3,6,8H,2,4-5,7H2,(H,14,15). The lowest BCUT2D eigenvalue weighted by Crippen LogP contribution is -2.17. The molecular formula is C11H13ClN2O3S. The molecule has 2 rings (SSSR count). The number of rotatable bonds is 3. The van der Waals surface area contributed by atoms with Crippen molar-refractivity contribution < 1.29 is 13.2 Å². The summed E-state index contributed by atoms with van der Waals surface area (Å²) in [5, 5.41) is 3.05. The van der Waals surface area contributed by atoms with Crippen LogP contribution in [0.15, 0.2) is 18.5 Å². The molecule has 1 atom stereocenters. The van der Waals surface area contributed by atoms with Crippen LogP contribution in [-0.2, 0) is 14.6 Å². The van der Waals surface area contributed by atoms with Crippen LogP contribution in [0.3, 0.4) is 0 Å². The van der Waals surface area contributed by atoms with Gasteiger partial charge in [-0.05, 0) is 18.4 Å².